The second-order valence-corrected chi connectivity index (χ2v) is 4.57. The number of hydrogen-bond donors (Lipinski definition) is 0. The first kappa shape index (κ1) is 7.33. The van der Waals surface area contributed by atoms with Gasteiger partial charge >= 0.3 is 0 Å². The van der Waals surface area contributed by atoms with E-state index < -0.39 is 0 Å². The predicted octanol–water partition coefficient (Wildman–Crippen LogP) is 2.26. The van der Waals surface area contributed by atoms with Gasteiger partial charge in [-0.2, -0.15) is 0 Å². The van der Waals surface area contributed by atoms with Crippen LogP contribution in [0.4, 0.5) is 0 Å². The van der Waals surface area contributed by atoms with Gasteiger partial charge in [0.25, 0.3) is 0 Å². The Labute approximate surface area is 68.2 Å². The molecule has 2 rings (SSSR count). The molecule has 0 saturated heterocycles. The number of hydrogen-bond acceptors (Lipinski definition) is 1. The van der Waals surface area contributed by atoms with E-state index in [1.165, 1.54) is 25.5 Å². The van der Waals surface area contributed by atoms with E-state index >= 15 is 0 Å². The van der Waals surface area contributed by atoms with Crippen molar-refractivity contribution >= 4 is 6.29 Å². The van der Waals surface area contributed by atoms with Crippen molar-refractivity contribution in [1.82, 2.24) is 0 Å². The largest absolute Gasteiger partial charge is 0.303 e. The maximum absolute atomic E-state index is 10.7. The van der Waals surface area contributed by atoms with Gasteiger partial charge in [-0.05, 0) is 36.5 Å². The second kappa shape index (κ2) is 2.09. The first-order valence-electron chi connectivity index (χ1n) is 4.64. The molecule has 0 aromatic heterocycles. The van der Waals surface area contributed by atoms with Crippen LogP contribution in [-0.4, -0.2) is 6.29 Å². The van der Waals surface area contributed by atoms with E-state index in [2.05, 4.69) is 13.8 Å². The quantitative estimate of drug-likeness (QED) is 0.527. The Hall–Kier alpha value is -0.330. The van der Waals surface area contributed by atoms with Crippen molar-refractivity contribution in [3.05, 3.63) is 0 Å². The molecule has 2 aliphatic rings. The number of carbonyl (C=O) groups is 1. The van der Waals surface area contributed by atoms with Crippen molar-refractivity contribution in [3.8, 4) is 0 Å². The number of rotatable bonds is 1. The van der Waals surface area contributed by atoms with E-state index in [1.807, 2.05) is 0 Å². The highest BCUT2D eigenvalue weighted by molar-refractivity contribution is 5.56. The molecule has 0 unspecified atom stereocenters. The van der Waals surface area contributed by atoms with Gasteiger partial charge in [0.05, 0.1) is 0 Å². The fraction of sp³-hybridized carbons (Fsp3) is 0.900. The predicted molar refractivity (Wildman–Crippen MR) is 44.2 cm³/mol. The topological polar surface area (TPSA) is 17.1 Å². The minimum Gasteiger partial charge on any atom is -0.303 e. The summed E-state index contributed by atoms with van der Waals surface area (Å²) < 4.78 is 0. The highest BCUT2D eigenvalue weighted by Crippen LogP contribution is 2.60. The summed E-state index contributed by atoms with van der Waals surface area (Å²) >= 11 is 0. The van der Waals surface area contributed by atoms with E-state index in [0.717, 1.165) is 11.8 Å². The monoisotopic (exact) mass is 152 g/mol. The fourth-order valence-corrected chi connectivity index (χ4v) is 3.16. The van der Waals surface area contributed by atoms with Crippen LogP contribution in [0.3, 0.4) is 0 Å². The third-order valence-corrected chi connectivity index (χ3v) is 4.37. The Morgan fingerprint density at radius 3 is 2.55 bits per heavy atom. The zero-order valence-corrected chi connectivity index (χ0v) is 7.34. The van der Waals surface area contributed by atoms with Gasteiger partial charge in [0.15, 0.2) is 0 Å². The minimum atomic E-state index is 0.367. The van der Waals surface area contributed by atoms with Crippen molar-refractivity contribution in [2.45, 2.75) is 33.1 Å². The molecular weight excluding hydrogens is 136 g/mol. The first-order valence-corrected chi connectivity index (χ1v) is 4.64. The Kier molecular flexibility index (Phi) is 1.39. The van der Waals surface area contributed by atoms with Gasteiger partial charge < -0.3 is 4.79 Å². The van der Waals surface area contributed by atoms with Crippen LogP contribution in [0.25, 0.3) is 0 Å². The van der Waals surface area contributed by atoms with E-state index in [9.17, 15) is 4.79 Å². The molecule has 0 aromatic rings. The van der Waals surface area contributed by atoms with Crippen molar-refractivity contribution in [2.75, 3.05) is 0 Å². The van der Waals surface area contributed by atoms with Gasteiger partial charge in [-0.1, -0.05) is 13.8 Å². The van der Waals surface area contributed by atoms with Crippen LogP contribution in [0.1, 0.15) is 33.1 Å². The molecule has 0 aliphatic heterocycles. The summed E-state index contributed by atoms with van der Waals surface area (Å²) in [6, 6.07) is 0. The summed E-state index contributed by atoms with van der Waals surface area (Å²) in [6.07, 6.45) is 5.00. The molecule has 0 aromatic carbocycles. The minimum absolute atomic E-state index is 0.367. The lowest BCUT2D eigenvalue weighted by Crippen LogP contribution is -2.25. The average Bonchev–Trinajstić information content (AvgIpc) is 2.40. The zero-order valence-electron chi connectivity index (χ0n) is 7.34. The second-order valence-electron chi connectivity index (χ2n) is 4.57. The van der Waals surface area contributed by atoms with Crippen LogP contribution in [0, 0.1) is 23.2 Å². The summed E-state index contributed by atoms with van der Waals surface area (Å²) in [5.41, 5.74) is 0.367. The molecular formula is C10H16O. The number of aldehydes is 1. The molecule has 2 fully saturated rings. The maximum atomic E-state index is 10.7. The van der Waals surface area contributed by atoms with E-state index in [1.54, 1.807) is 0 Å². The molecule has 11 heavy (non-hydrogen) atoms. The molecule has 1 nitrogen and oxygen atoms in total. The average molecular weight is 152 g/mol. The third-order valence-electron chi connectivity index (χ3n) is 4.37. The molecule has 62 valence electrons. The van der Waals surface area contributed by atoms with Crippen LogP contribution < -0.4 is 0 Å². The van der Waals surface area contributed by atoms with Crippen molar-refractivity contribution in [3.63, 3.8) is 0 Å². The SMILES string of the molecule is C[C@H]1[C@H]2CC[C@]1(C)[C@H](C=O)C2. The summed E-state index contributed by atoms with van der Waals surface area (Å²) in [4.78, 5) is 10.7. The smallest absolute Gasteiger partial charge is 0.123 e. The van der Waals surface area contributed by atoms with Crippen molar-refractivity contribution < 1.29 is 4.79 Å². The molecule has 0 spiro atoms. The third kappa shape index (κ3) is 0.743. The molecule has 2 aliphatic carbocycles. The van der Waals surface area contributed by atoms with Crippen LogP contribution in [0.5, 0.6) is 0 Å². The zero-order chi connectivity index (χ0) is 8.06. The molecule has 2 bridgehead atoms. The first-order chi connectivity index (χ1) is 5.18. The number of fused-ring (bicyclic) bond motifs is 2. The summed E-state index contributed by atoms with van der Waals surface area (Å²) in [6.45, 7) is 4.62. The lowest BCUT2D eigenvalue weighted by atomic mass is 9.75. The van der Waals surface area contributed by atoms with E-state index in [4.69, 9.17) is 0 Å². The van der Waals surface area contributed by atoms with Gasteiger partial charge in [-0.25, -0.2) is 0 Å². The summed E-state index contributed by atoms with van der Waals surface area (Å²) in [5, 5.41) is 0. The maximum Gasteiger partial charge on any atom is 0.123 e. The molecule has 2 saturated carbocycles. The van der Waals surface area contributed by atoms with Gasteiger partial charge in [0.2, 0.25) is 0 Å². The highest BCUT2D eigenvalue weighted by Gasteiger charge is 2.53. The van der Waals surface area contributed by atoms with Gasteiger partial charge in [-0.15, -0.1) is 0 Å². The highest BCUT2D eigenvalue weighted by atomic mass is 16.1. The van der Waals surface area contributed by atoms with Crippen molar-refractivity contribution in [1.29, 1.82) is 0 Å². The van der Waals surface area contributed by atoms with Crippen molar-refractivity contribution in [2.24, 2.45) is 23.2 Å². The van der Waals surface area contributed by atoms with Gasteiger partial charge in [-0.3, -0.25) is 0 Å². The van der Waals surface area contributed by atoms with Gasteiger partial charge in [0, 0.05) is 5.92 Å². The van der Waals surface area contributed by atoms with Crippen LogP contribution in [-0.2, 0) is 4.79 Å². The molecule has 0 radical (unpaired) electrons. The number of carbonyl (C=O) groups excluding carboxylic acids is 1. The Balaban J connectivity index is 2.29. The van der Waals surface area contributed by atoms with Gasteiger partial charge in [0.1, 0.15) is 6.29 Å². The molecule has 0 heterocycles. The molecule has 4 atom stereocenters. The Morgan fingerprint density at radius 1 is 1.55 bits per heavy atom. The molecule has 0 N–H and O–H groups in total. The molecule has 1 heteroatoms. The fourth-order valence-electron chi connectivity index (χ4n) is 3.16. The van der Waals surface area contributed by atoms with E-state index in [0.29, 0.717) is 11.3 Å². The Bertz CT molecular complexity index is 187. The van der Waals surface area contributed by atoms with Crippen LogP contribution in [0.15, 0.2) is 0 Å². The van der Waals surface area contributed by atoms with E-state index in [-0.39, 0.29) is 0 Å². The van der Waals surface area contributed by atoms with Crippen LogP contribution >= 0.6 is 0 Å². The normalized spacial score (nSPS) is 54.9. The van der Waals surface area contributed by atoms with Crippen LogP contribution in [0.2, 0.25) is 0 Å². The lowest BCUT2D eigenvalue weighted by molar-refractivity contribution is -0.114. The lowest BCUT2D eigenvalue weighted by Gasteiger charge is -2.29. The molecule has 0 amide bonds. The summed E-state index contributed by atoms with van der Waals surface area (Å²) in [5.74, 6) is 2.02. The Morgan fingerprint density at radius 2 is 2.27 bits per heavy atom. The summed E-state index contributed by atoms with van der Waals surface area (Å²) in [7, 11) is 0. The standard InChI is InChI=1S/C10H16O/c1-7-8-3-4-10(7,2)9(5-8)6-11/h6-9H,3-5H2,1-2H3/t7-,8-,9-,10-/m0/s1.